The average molecular weight is 181 g/mol. The highest BCUT2D eigenvalue weighted by Gasteiger charge is 2.26. The third kappa shape index (κ3) is 1.27. The summed E-state index contributed by atoms with van der Waals surface area (Å²) in [4.78, 5) is 10.8. The number of allylic oxidation sites excluding steroid dienone is 2. The maximum atomic E-state index is 10.8. The molecule has 0 bridgehead atoms. The molecule has 0 spiro atoms. The SMILES string of the molecule is O=C1C(O)=C(Cl)CCC1Cl. The number of carbonyl (C=O) groups is 1. The molecule has 0 fully saturated rings. The van der Waals surface area contributed by atoms with Crippen LogP contribution in [0.25, 0.3) is 0 Å². The molecule has 10 heavy (non-hydrogen) atoms. The molecule has 0 aromatic heterocycles. The number of ketones is 1. The maximum Gasteiger partial charge on any atom is 0.216 e. The van der Waals surface area contributed by atoms with Crippen LogP contribution in [0.2, 0.25) is 0 Å². The van der Waals surface area contributed by atoms with E-state index in [1.54, 1.807) is 0 Å². The molecule has 4 heteroatoms. The van der Waals surface area contributed by atoms with Gasteiger partial charge in [0.1, 0.15) is 5.38 Å². The van der Waals surface area contributed by atoms with Gasteiger partial charge in [-0.3, -0.25) is 4.79 Å². The first kappa shape index (κ1) is 7.89. The van der Waals surface area contributed by atoms with Gasteiger partial charge in [0.2, 0.25) is 5.78 Å². The van der Waals surface area contributed by atoms with E-state index in [9.17, 15) is 4.79 Å². The van der Waals surface area contributed by atoms with Gasteiger partial charge in [-0.2, -0.15) is 0 Å². The van der Waals surface area contributed by atoms with Crippen molar-refractivity contribution in [3.63, 3.8) is 0 Å². The van der Waals surface area contributed by atoms with Gasteiger partial charge in [0.25, 0.3) is 0 Å². The third-order valence-electron chi connectivity index (χ3n) is 1.39. The van der Waals surface area contributed by atoms with Crippen LogP contribution in [0.3, 0.4) is 0 Å². The second-order valence-electron chi connectivity index (χ2n) is 2.12. The Morgan fingerprint density at radius 2 is 2.20 bits per heavy atom. The molecule has 1 aliphatic rings. The number of rotatable bonds is 0. The maximum absolute atomic E-state index is 10.8. The zero-order valence-corrected chi connectivity index (χ0v) is 6.61. The first-order chi connectivity index (χ1) is 4.63. The second-order valence-corrected chi connectivity index (χ2v) is 3.11. The molecule has 1 rings (SSSR count). The Hall–Kier alpha value is -0.210. The van der Waals surface area contributed by atoms with Crippen LogP contribution in [0.4, 0.5) is 0 Å². The van der Waals surface area contributed by atoms with Crippen LogP contribution in [0.5, 0.6) is 0 Å². The molecule has 1 aliphatic carbocycles. The number of carbonyl (C=O) groups excluding carboxylic acids is 1. The molecule has 0 saturated carbocycles. The van der Waals surface area contributed by atoms with E-state index in [1.807, 2.05) is 0 Å². The molecule has 0 aromatic carbocycles. The Labute approximate surface area is 68.4 Å². The molecule has 1 N–H and O–H groups in total. The summed E-state index contributed by atoms with van der Waals surface area (Å²) >= 11 is 11.0. The summed E-state index contributed by atoms with van der Waals surface area (Å²) in [6, 6.07) is 0. The first-order valence-electron chi connectivity index (χ1n) is 2.89. The average Bonchev–Trinajstić information content (AvgIpc) is 1.93. The van der Waals surface area contributed by atoms with E-state index in [-0.39, 0.29) is 10.8 Å². The van der Waals surface area contributed by atoms with Gasteiger partial charge in [0, 0.05) is 0 Å². The van der Waals surface area contributed by atoms with Crippen LogP contribution >= 0.6 is 23.2 Å². The van der Waals surface area contributed by atoms with E-state index < -0.39 is 11.2 Å². The summed E-state index contributed by atoms with van der Waals surface area (Å²) < 4.78 is 0. The number of aliphatic hydroxyl groups is 1. The Balaban J connectivity index is 2.88. The summed E-state index contributed by atoms with van der Waals surface area (Å²) in [5, 5.41) is 8.56. The van der Waals surface area contributed by atoms with Gasteiger partial charge in [-0.1, -0.05) is 11.6 Å². The minimum Gasteiger partial charge on any atom is -0.504 e. The van der Waals surface area contributed by atoms with Crippen LogP contribution < -0.4 is 0 Å². The second kappa shape index (κ2) is 2.81. The van der Waals surface area contributed by atoms with Crippen molar-refractivity contribution >= 4 is 29.0 Å². The van der Waals surface area contributed by atoms with Crippen LogP contribution in [-0.4, -0.2) is 16.3 Å². The van der Waals surface area contributed by atoms with Gasteiger partial charge in [0.15, 0.2) is 5.76 Å². The molecule has 0 heterocycles. The predicted octanol–water partition coefficient (Wildman–Crippen LogP) is 1.97. The zero-order valence-electron chi connectivity index (χ0n) is 5.10. The number of alkyl halides is 1. The number of hydrogen-bond donors (Lipinski definition) is 1. The van der Waals surface area contributed by atoms with E-state index in [1.165, 1.54) is 0 Å². The third-order valence-corrected chi connectivity index (χ3v) is 2.18. The van der Waals surface area contributed by atoms with Gasteiger partial charge >= 0.3 is 0 Å². The van der Waals surface area contributed by atoms with Gasteiger partial charge < -0.3 is 5.11 Å². The monoisotopic (exact) mass is 180 g/mol. The summed E-state index contributed by atoms with van der Waals surface area (Å²) in [5.74, 6) is -0.828. The van der Waals surface area contributed by atoms with Crippen LogP contribution in [-0.2, 0) is 4.79 Å². The Morgan fingerprint density at radius 3 is 2.70 bits per heavy atom. The van der Waals surface area contributed by atoms with E-state index in [2.05, 4.69) is 0 Å². The summed E-state index contributed by atoms with van der Waals surface area (Å²) in [5.41, 5.74) is 0. The minimum atomic E-state index is -0.595. The van der Waals surface area contributed by atoms with Crippen molar-refractivity contribution in [3.05, 3.63) is 10.8 Å². The van der Waals surface area contributed by atoms with Crippen molar-refractivity contribution in [1.29, 1.82) is 0 Å². The predicted molar refractivity (Wildman–Crippen MR) is 39.4 cm³/mol. The van der Waals surface area contributed by atoms with Crippen molar-refractivity contribution in [1.82, 2.24) is 0 Å². The Kier molecular flexibility index (Phi) is 2.21. The largest absolute Gasteiger partial charge is 0.504 e. The van der Waals surface area contributed by atoms with Gasteiger partial charge in [-0.15, -0.1) is 11.6 Å². The van der Waals surface area contributed by atoms with Gasteiger partial charge in [-0.25, -0.2) is 0 Å². The van der Waals surface area contributed by atoms with Gasteiger partial charge in [0.05, 0.1) is 5.03 Å². The molecule has 0 saturated heterocycles. The Bertz CT molecular complexity index is 198. The van der Waals surface area contributed by atoms with Crippen molar-refractivity contribution < 1.29 is 9.90 Å². The first-order valence-corrected chi connectivity index (χ1v) is 3.70. The van der Waals surface area contributed by atoms with Gasteiger partial charge in [-0.05, 0) is 12.8 Å². The quantitative estimate of drug-likeness (QED) is 0.580. The minimum absolute atomic E-state index is 0.224. The van der Waals surface area contributed by atoms with Crippen molar-refractivity contribution in [2.24, 2.45) is 0 Å². The van der Waals surface area contributed by atoms with Crippen molar-refractivity contribution in [2.45, 2.75) is 18.2 Å². The van der Waals surface area contributed by atoms with E-state index in [0.29, 0.717) is 12.8 Å². The number of Topliss-reactive ketones (excluding diaryl/α,β-unsaturated/α-hetero) is 1. The molecule has 0 aromatic rings. The molecular formula is C6H6Cl2O2. The highest BCUT2D eigenvalue weighted by atomic mass is 35.5. The fourth-order valence-electron chi connectivity index (χ4n) is 0.785. The summed E-state index contributed by atoms with van der Waals surface area (Å²) in [6.07, 6.45) is 1.01. The molecule has 1 atom stereocenters. The lowest BCUT2D eigenvalue weighted by Crippen LogP contribution is -2.21. The molecule has 0 amide bonds. The Morgan fingerprint density at radius 1 is 1.60 bits per heavy atom. The summed E-state index contributed by atoms with van der Waals surface area (Å²) in [6.45, 7) is 0. The van der Waals surface area contributed by atoms with Crippen LogP contribution in [0.1, 0.15) is 12.8 Å². The fraction of sp³-hybridized carbons (Fsp3) is 0.500. The smallest absolute Gasteiger partial charge is 0.216 e. The number of halogens is 2. The highest BCUT2D eigenvalue weighted by molar-refractivity contribution is 6.38. The molecule has 0 radical (unpaired) electrons. The zero-order chi connectivity index (χ0) is 7.72. The molecule has 0 aliphatic heterocycles. The van der Waals surface area contributed by atoms with Crippen LogP contribution in [0.15, 0.2) is 10.8 Å². The topological polar surface area (TPSA) is 37.3 Å². The highest BCUT2D eigenvalue weighted by Crippen LogP contribution is 2.26. The van der Waals surface area contributed by atoms with Crippen molar-refractivity contribution in [3.8, 4) is 0 Å². The summed E-state index contributed by atoms with van der Waals surface area (Å²) in [7, 11) is 0. The van der Waals surface area contributed by atoms with Crippen LogP contribution in [0, 0.1) is 0 Å². The number of hydrogen-bond acceptors (Lipinski definition) is 2. The molecule has 2 nitrogen and oxygen atoms in total. The normalized spacial score (nSPS) is 27.4. The lowest BCUT2D eigenvalue weighted by Gasteiger charge is -2.13. The lowest BCUT2D eigenvalue weighted by molar-refractivity contribution is -0.118. The van der Waals surface area contributed by atoms with Crippen molar-refractivity contribution in [2.75, 3.05) is 0 Å². The fourth-order valence-corrected chi connectivity index (χ4v) is 1.20. The lowest BCUT2D eigenvalue weighted by atomic mass is 10.0. The van der Waals surface area contributed by atoms with E-state index in [0.717, 1.165) is 0 Å². The molecular weight excluding hydrogens is 175 g/mol. The molecule has 1 unspecified atom stereocenters. The molecule has 56 valence electrons. The number of aliphatic hydroxyl groups excluding tert-OH is 1. The van der Waals surface area contributed by atoms with E-state index >= 15 is 0 Å². The van der Waals surface area contributed by atoms with E-state index in [4.69, 9.17) is 28.3 Å². The standard InChI is InChI=1S/C6H6Cl2O2/c7-3-1-2-4(8)6(10)5(3)9/h3,10H,1-2H2.